The molecule has 0 aromatic rings. The molecule has 0 bridgehead atoms. The highest BCUT2D eigenvalue weighted by atomic mass is 16.9. The van der Waals surface area contributed by atoms with Crippen molar-refractivity contribution in [1.29, 1.82) is 0 Å². The second kappa shape index (κ2) is 4.01. The van der Waals surface area contributed by atoms with Crippen molar-refractivity contribution in [3.63, 3.8) is 0 Å². The standard InChI is InChI=1S/B2HNO2/c1-4-3-5-2/h3H. The average molecular weight is 68.6 g/mol. The Morgan fingerprint density at radius 2 is 1.60 bits per heavy atom. The van der Waals surface area contributed by atoms with E-state index in [9.17, 15) is 0 Å². The van der Waals surface area contributed by atoms with Crippen LogP contribution in [0.15, 0.2) is 0 Å². The minimum absolute atomic E-state index is 1.67. The van der Waals surface area contributed by atoms with Crippen LogP contribution in [-0.4, -0.2) is 16.1 Å². The van der Waals surface area contributed by atoms with Crippen LogP contribution in [0.25, 0.3) is 0 Å². The van der Waals surface area contributed by atoms with Crippen molar-refractivity contribution in [1.82, 2.24) is 5.64 Å². The lowest BCUT2D eigenvalue weighted by Crippen LogP contribution is -2.09. The second-order valence-electron chi connectivity index (χ2n) is 0.319. The molecule has 0 fully saturated rings. The highest BCUT2D eigenvalue weighted by Crippen LogP contribution is 1.43. The molecule has 4 radical (unpaired) electrons. The largest absolute Gasteiger partial charge is 0.356 e. The smallest absolute Gasteiger partial charge is 0.320 e. The molecule has 1 N–H and O–H groups in total. The van der Waals surface area contributed by atoms with Crippen molar-refractivity contribution in [2.45, 2.75) is 0 Å². The Balaban J connectivity index is 2.19. The van der Waals surface area contributed by atoms with E-state index in [0.717, 1.165) is 0 Å². The molecule has 0 heterocycles. The molecular weight excluding hydrogens is 67.6 g/mol. The van der Waals surface area contributed by atoms with Gasteiger partial charge < -0.3 is 9.51 Å². The van der Waals surface area contributed by atoms with Crippen molar-refractivity contribution >= 4 is 16.1 Å². The first-order valence-corrected chi connectivity index (χ1v) is 0.880. The van der Waals surface area contributed by atoms with Gasteiger partial charge in [0.15, 0.2) is 0 Å². The Labute approximate surface area is 32.4 Å². The molecule has 0 rings (SSSR count). The van der Waals surface area contributed by atoms with Crippen molar-refractivity contribution in [3.05, 3.63) is 0 Å². The molecule has 0 aromatic heterocycles. The first-order chi connectivity index (χ1) is 2.41. The number of rotatable bonds is 2. The van der Waals surface area contributed by atoms with Gasteiger partial charge in [-0.2, -0.15) is 0 Å². The Hall–Kier alpha value is 0.00987. The van der Waals surface area contributed by atoms with Crippen molar-refractivity contribution < 1.29 is 9.51 Å². The van der Waals surface area contributed by atoms with Gasteiger partial charge in [-0.3, -0.25) is 0 Å². The summed E-state index contributed by atoms with van der Waals surface area (Å²) in [5.74, 6) is 0. The zero-order valence-corrected chi connectivity index (χ0v) is 2.47. The van der Waals surface area contributed by atoms with Crippen LogP contribution in [0.5, 0.6) is 0 Å². The molecule has 0 aliphatic rings. The molecule has 0 saturated heterocycles. The van der Waals surface area contributed by atoms with E-state index in [-0.39, 0.29) is 0 Å². The zero-order valence-electron chi connectivity index (χ0n) is 2.47. The molecule has 5 heavy (non-hydrogen) atoms. The summed E-state index contributed by atoms with van der Waals surface area (Å²) in [4.78, 5) is 0. The minimum atomic E-state index is 1.67. The first-order valence-electron chi connectivity index (χ1n) is 0.880. The molecule has 0 unspecified atom stereocenters. The molecule has 5 heteroatoms. The third-order valence-corrected chi connectivity index (χ3v) is 0.0962. The van der Waals surface area contributed by atoms with Gasteiger partial charge in [0.05, 0.1) is 0 Å². The molecule has 0 saturated carbocycles. The third kappa shape index (κ3) is 4.01. The third-order valence-electron chi connectivity index (χ3n) is 0.0962. The lowest BCUT2D eigenvalue weighted by atomic mass is 10.6. The fourth-order valence-electron chi connectivity index (χ4n) is 0.0278. The summed E-state index contributed by atoms with van der Waals surface area (Å²) in [5, 5.41) is 0. The molecule has 0 spiro atoms. The van der Waals surface area contributed by atoms with Gasteiger partial charge in [0, 0.05) is 0 Å². The Morgan fingerprint density at radius 3 is 1.60 bits per heavy atom. The summed E-state index contributed by atoms with van der Waals surface area (Å²) in [6.07, 6.45) is 0. The van der Waals surface area contributed by atoms with Gasteiger partial charge in [-0.1, -0.05) is 0 Å². The van der Waals surface area contributed by atoms with Crippen LogP contribution in [0.1, 0.15) is 0 Å². The molecule has 0 atom stereocenters. The van der Waals surface area contributed by atoms with Crippen LogP contribution >= 0.6 is 0 Å². The normalized spacial score (nSPS) is 8.00. The summed E-state index contributed by atoms with van der Waals surface area (Å²) in [6, 6.07) is 0. The van der Waals surface area contributed by atoms with E-state index in [4.69, 9.17) is 0 Å². The van der Waals surface area contributed by atoms with Gasteiger partial charge in [0.25, 0.3) is 0 Å². The topological polar surface area (TPSA) is 30.5 Å². The Kier molecular flexibility index (Phi) is 4.02. The van der Waals surface area contributed by atoms with E-state index >= 15 is 0 Å². The molecule has 0 aliphatic carbocycles. The van der Waals surface area contributed by atoms with Crippen molar-refractivity contribution in [2.75, 3.05) is 0 Å². The summed E-state index contributed by atoms with van der Waals surface area (Å²) in [6.45, 7) is 0. The molecule has 3 nitrogen and oxygen atoms in total. The van der Waals surface area contributed by atoms with E-state index in [1.807, 2.05) is 0 Å². The number of hydrogen-bond donors (Lipinski definition) is 1. The van der Waals surface area contributed by atoms with E-state index in [1.165, 1.54) is 0 Å². The highest BCUT2D eigenvalue weighted by Gasteiger charge is 1.60. The van der Waals surface area contributed by atoms with Gasteiger partial charge in [0.1, 0.15) is 0 Å². The molecule has 0 amide bonds. The van der Waals surface area contributed by atoms with Gasteiger partial charge in [-0.25, -0.2) is 0 Å². The van der Waals surface area contributed by atoms with Crippen molar-refractivity contribution in [3.8, 4) is 0 Å². The van der Waals surface area contributed by atoms with Gasteiger partial charge in [-0.15, -0.1) is 5.64 Å². The molecule has 0 aliphatic heterocycles. The summed E-state index contributed by atoms with van der Waals surface area (Å²) in [7, 11) is 8.65. The van der Waals surface area contributed by atoms with Crippen LogP contribution in [0.3, 0.4) is 0 Å². The number of nitrogens with one attached hydrogen (secondary N) is 1. The highest BCUT2D eigenvalue weighted by molar-refractivity contribution is 5.98. The lowest BCUT2D eigenvalue weighted by molar-refractivity contribution is -0.00563. The van der Waals surface area contributed by atoms with E-state index in [1.54, 1.807) is 5.64 Å². The van der Waals surface area contributed by atoms with Crippen LogP contribution in [0.2, 0.25) is 0 Å². The monoisotopic (exact) mass is 69.0 g/mol. The molecule has 0 aromatic carbocycles. The predicted molar refractivity (Wildman–Crippen MR) is 16.8 cm³/mol. The van der Waals surface area contributed by atoms with Crippen LogP contribution < -0.4 is 5.64 Å². The van der Waals surface area contributed by atoms with E-state index in [0.29, 0.717) is 0 Å². The minimum Gasteiger partial charge on any atom is -0.356 e. The van der Waals surface area contributed by atoms with E-state index < -0.39 is 0 Å². The summed E-state index contributed by atoms with van der Waals surface area (Å²) in [5.41, 5.74) is 1.67. The Morgan fingerprint density at radius 1 is 1.20 bits per heavy atom. The van der Waals surface area contributed by atoms with Crippen LogP contribution in [0.4, 0.5) is 0 Å². The van der Waals surface area contributed by atoms with Crippen LogP contribution in [0, 0.1) is 0 Å². The van der Waals surface area contributed by atoms with Gasteiger partial charge >= 0.3 is 16.1 Å². The maximum absolute atomic E-state index is 4.32. The second-order valence-corrected chi connectivity index (χ2v) is 0.319. The maximum Gasteiger partial charge on any atom is 0.320 e. The summed E-state index contributed by atoms with van der Waals surface area (Å²) >= 11 is 0. The number of hydrogen-bond acceptors (Lipinski definition) is 3. The van der Waals surface area contributed by atoms with Crippen molar-refractivity contribution in [2.24, 2.45) is 0 Å². The quantitative estimate of drug-likeness (QED) is 0.319. The van der Waals surface area contributed by atoms with Crippen LogP contribution in [-0.2, 0) is 9.51 Å². The lowest BCUT2D eigenvalue weighted by Gasteiger charge is -1.91. The SMILES string of the molecule is [B]ONO[B]. The fraction of sp³-hybridized carbons (Fsp3) is 0. The van der Waals surface area contributed by atoms with E-state index in [2.05, 4.69) is 25.6 Å². The average Bonchev–Trinajstić information content (AvgIpc) is 1.41. The fourth-order valence-corrected chi connectivity index (χ4v) is 0.0278. The van der Waals surface area contributed by atoms with Gasteiger partial charge in [-0.05, 0) is 0 Å². The summed E-state index contributed by atoms with van der Waals surface area (Å²) < 4.78 is 7.19. The Bertz CT molecular complexity index is 15.1. The maximum atomic E-state index is 4.32. The first kappa shape index (κ1) is 5.01. The zero-order chi connectivity index (χ0) is 4.12. The molecular formula is HB2NO2. The predicted octanol–water partition coefficient (Wildman–Crippen LogP) is -1.39. The molecule has 24 valence electrons. The van der Waals surface area contributed by atoms with Gasteiger partial charge in [0.2, 0.25) is 0 Å².